The van der Waals surface area contributed by atoms with Crippen LogP contribution in [0.15, 0.2) is 41.7 Å². The van der Waals surface area contributed by atoms with Crippen molar-refractivity contribution < 1.29 is 0 Å². The van der Waals surface area contributed by atoms with Crippen LogP contribution in [0.1, 0.15) is 17.0 Å². The SMILES string of the molecule is CSc1cc(NCC2Cc3ccccc32)ncn1. The second kappa shape index (κ2) is 4.98. The molecule has 1 aliphatic rings. The topological polar surface area (TPSA) is 37.8 Å². The smallest absolute Gasteiger partial charge is 0.130 e. The number of nitrogens with one attached hydrogen (secondary N) is 1. The Morgan fingerprint density at radius 1 is 1.33 bits per heavy atom. The monoisotopic (exact) mass is 257 g/mol. The first-order chi connectivity index (χ1) is 8.86. The minimum absolute atomic E-state index is 0.619. The Morgan fingerprint density at radius 2 is 2.22 bits per heavy atom. The van der Waals surface area contributed by atoms with E-state index in [1.165, 1.54) is 17.5 Å². The lowest BCUT2D eigenvalue weighted by atomic mass is 9.78. The van der Waals surface area contributed by atoms with Gasteiger partial charge in [-0.05, 0) is 23.8 Å². The van der Waals surface area contributed by atoms with Crippen LogP contribution in [0, 0.1) is 0 Å². The van der Waals surface area contributed by atoms with Crippen LogP contribution in [-0.2, 0) is 6.42 Å². The maximum Gasteiger partial charge on any atom is 0.130 e. The molecule has 1 aliphatic carbocycles. The van der Waals surface area contributed by atoms with Crippen molar-refractivity contribution in [3.05, 3.63) is 47.8 Å². The maximum absolute atomic E-state index is 4.24. The number of thioether (sulfide) groups is 1. The molecule has 0 radical (unpaired) electrons. The molecule has 0 aliphatic heterocycles. The van der Waals surface area contributed by atoms with Crippen molar-refractivity contribution >= 4 is 17.6 Å². The first-order valence-corrected chi connectivity index (χ1v) is 7.27. The summed E-state index contributed by atoms with van der Waals surface area (Å²) in [7, 11) is 0. The van der Waals surface area contributed by atoms with Gasteiger partial charge in [0.15, 0.2) is 0 Å². The van der Waals surface area contributed by atoms with Crippen LogP contribution in [0.2, 0.25) is 0 Å². The molecule has 3 rings (SSSR count). The third-order valence-corrected chi connectivity index (χ3v) is 3.98. The Morgan fingerprint density at radius 3 is 3.06 bits per heavy atom. The predicted molar refractivity (Wildman–Crippen MR) is 75.2 cm³/mol. The van der Waals surface area contributed by atoms with E-state index in [1.807, 2.05) is 12.3 Å². The predicted octanol–water partition coefficient (Wildman–Crippen LogP) is 2.95. The highest BCUT2D eigenvalue weighted by Gasteiger charge is 2.24. The molecule has 2 aromatic rings. The molecule has 0 fully saturated rings. The summed E-state index contributed by atoms with van der Waals surface area (Å²) in [5.41, 5.74) is 2.96. The molecule has 18 heavy (non-hydrogen) atoms. The molecule has 3 nitrogen and oxygen atoms in total. The number of nitrogens with zero attached hydrogens (tertiary/aromatic N) is 2. The molecule has 0 saturated heterocycles. The highest BCUT2D eigenvalue weighted by atomic mass is 32.2. The van der Waals surface area contributed by atoms with Crippen molar-refractivity contribution in [3.63, 3.8) is 0 Å². The fourth-order valence-electron chi connectivity index (χ4n) is 2.32. The highest BCUT2D eigenvalue weighted by Crippen LogP contribution is 2.34. The number of anilines is 1. The average Bonchev–Trinajstić information content (AvgIpc) is 2.40. The molecule has 1 aromatic carbocycles. The molecule has 0 saturated carbocycles. The number of hydrogen-bond donors (Lipinski definition) is 1. The third kappa shape index (κ3) is 2.20. The van der Waals surface area contributed by atoms with Gasteiger partial charge in [-0.25, -0.2) is 9.97 Å². The van der Waals surface area contributed by atoms with Gasteiger partial charge < -0.3 is 5.32 Å². The Balaban J connectivity index is 1.63. The summed E-state index contributed by atoms with van der Waals surface area (Å²) in [6.07, 6.45) is 4.81. The summed E-state index contributed by atoms with van der Waals surface area (Å²) in [5.74, 6) is 1.53. The number of fused-ring (bicyclic) bond motifs is 1. The van der Waals surface area contributed by atoms with Crippen LogP contribution in [0.5, 0.6) is 0 Å². The highest BCUT2D eigenvalue weighted by molar-refractivity contribution is 7.98. The Kier molecular flexibility index (Phi) is 3.19. The Bertz CT molecular complexity index is 556. The van der Waals surface area contributed by atoms with E-state index in [9.17, 15) is 0 Å². The van der Waals surface area contributed by atoms with Gasteiger partial charge in [0.05, 0.1) is 0 Å². The lowest BCUT2D eigenvalue weighted by Gasteiger charge is -2.30. The second-order valence-electron chi connectivity index (χ2n) is 4.43. The normalized spacial score (nSPS) is 16.8. The number of benzene rings is 1. The summed E-state index contributed by atoms with van der Waals surface area (Å²) >= 11 is 1.63. The van der Waals surface area contributed by atoms with Crippen LogP contribution < -0.4 is 5.32 Å². The summed E-state index contributed by atoms with van der Waals surface area (Å²) in [6, 6.07) is 10.6. The first-order valence-electron chi connectivity index (χ1n) is 6.04. The summed E-state index contributed by atoms with van der Waals surface area (Å²) in [5, 5.41) is 4.40. The molecule has 0 bridgehead atoms. The van der Waals surface area contributed by atoms with Gasteiger partial charge in [0.1, 0.15) is 17.2 Å². The van der Waals surface area contributed by atoms with E-state index in [0.29, 0.717) is 5.92 Å². The molecule has 1 N–H and O–H groups in total. The first kappa shape index (κ1) is 11.5. The van der Waals surface area contributed by atoms with Crippen molar-refractivity contribution in [2.24, 2.45) is 0 Å². The average molecular weight is 257 g/mol. The van der Waals surface area contributed by atoms with Crippen molar-refractivity contribution in [1.29, 1.82) is 0 Å². The zero-order chi connectivity index (χ0) is 12.4. The van der Waals surface area contributed by atoms with E-state index in [0.717, 1.165) is 17.4 Å². The zero-order valence-electron chi connectivity index (χ0n) is 10.3. The number of aromatic nitrogens is 2. The van der Waals surface area contributed by atoms with Crippen LogP contribution in [0.3, 0.4) is 0 Å². The van der Waals surface area contributed by atoms with E-state index in [-0.39, 0.29) is 0 Å². The quantitative estimate of drug-likeness (QED) is 0.675. The lowest BCUT2D eigenvalue weighted by molar-refractivity contribution is 0.634. The lowest BCUT2D eigenvalue weighted by Crippen LogP contribution is -2.24. The van der Waals surface area contributed by atoms with Crippen molar-refractivity contribution in [2.45, 2.75) is 17.4 Å². The second-order valence-corrected chi connectivity index (χ2v) is 5.25. The standard InChI is InChI=1S/C14H15N3S/c1-18-14-7-13(16-9-17-14)15-8-11-6-10-4-2-3-5-12(10)11/h2-5,7,9,11H,6,8H2,1H3,(H,15,16,17). The molecule has 1 unspecified atom stereocenters. The molecule has 0 amide bonds. The Labute approximate surface area is 111 Å². The van der Waals surface area contributed by atoms with Crippen molar-refractivity contribution in [3.8, 4) is 0 Å². The number of rotatable bonds is 4. The molecule has 4 heteroatoms. The van der Waals surface area contributed by atoms with Crippen LogP contribution in [0.4, 0.5) is 5.82 Å². The fourth-order valence-corrected chi connectivity index (χ4v) is 2.70. The van der Waals surface area contributed by atoms with Gasteiger partial charge in [-0.3, -0.25) is 0 Å². The minimum Gasteiger partial charge on any atom is -0.369 e. The minimum atomic E-state index is 0.619. The molecular formula is C14H15N3S. The van der Waals surface area contributed by atoms with Gasteiger partial charge in [-0.15, -0.1) is 11.8 Å². The van der Waals surface area contributed by atoms with E-state index >= 15 is 0 Å². The summed E-state index contributed by atoms with van der Waals surface area (Å²) < 4.78 is 0. The largest absolute Gasteiger partial charge is 0.369 e. The van der Waals surface area contributed by atoms with Gasteiger partial charge in [-0.2, -0.15) is 0 Å². The van der Waals surface area contributed by atoms with E-state index in [1.54, 1.807) is 18.1 Å². The maximum atomic E-state index is 4.24. The van der Waals surface area contributed by atoms with Gasteiger partial charge in [-0.1, -0.05) is 24.3 Å². The van der Waals surface area contributed by atoms with Crippen molar-refractivity contribution in [1.82, 2.24) is 9.97 Å². The van der Waals surface area contributed by atoms with Crippen LogP contribution in [0.25, 0.3) is 0 Å². The van der Waals surface area contributed by atoms with Crippen LogP contribution >= 0.6 is 11.8 Å². The van der Waals surface area contributed by atoms with E-state index < -0.39 is 0 Å². The molecule has 92 valence electrons. The molecule has 0 spiro atoms. The van der Waals surface area contributed by atoms with E-state index in [4.69, 9.17) is 0 Å². The van der Waals surface area contributed by atoms with Crippen molar-refractivity contribution in [2.75, 3.05) is 18.1 Å². The van der Waals surface area contributed by atoms with Gasteiger partial charge in [0, 0.05) is 18.5 Å². The Hall–Kier alpha value is -1.55. The van der Waals surface area contributed by atoms with Crippen LogP contribution in [-0.4, -0.2) is 22.8 Å². The van der Waals surface area contributed by atoms with Gasteiger partial charge >= 0.3 is 0 Å². The van der Waals surface area contributed by atoms with Gasteiger partial charge in [0.25, 0.3) is 0 Å². The third-order valence-electron chi connectivity index (χ3n) is 3.34. The molecule has 1 heterocycles. The molecule has 1 atom stereocenters. The zero-order valence-corrected chi connectivity index (χ0v) is 11.1. The fraction of sp³-hybridized carbons (Fsp3) is 0.286. The summed E-state index contributed by atoms with van der Waals surface area (Å²) in [6.45, 7) is 0.946. The number of hydrogen-bond acceptors (Lipinski definition) is 4. The van der Waals surface area contributed by atoms with E-state index in [2.05, 4.69) is 39.6 Å². The summed E-state index contributed by atoms with van der Waals surface area (Å²) in [4.78, 5) is 8.41. The molecular weight excluding hydrogens is 242 g/mol. The molecule has 1 aromatic heterocycles. The van der Waals surface area contributed by atoms with Gasteiger partial charge in [0.2, 0.25) is 0 Å².